The molecule has 0 aliphatic heterocycles. The fraction of sp³-hybridized carbons (Fsp3) is 0.0714. The molecule has 0 heterocycles. The van der Waals surface area contributed by atoms with Crippen molar-refractivity contribution in [1.82, 2.24) is 0 Å². The van der Waals surface area contributed by atoms with Gasteiger partial charge in [-0.25, -0.2) is 9.18 Å². The van der Waals surface area contributed by atoms with Crippen molar-refractivity contribution in [1.29, 1.82) is 0 Å². The molecule has 2 rings (SSSR count). The van der Waals surface area contributed by atoms with E-state index < -0.39 is 17.3 Å². The second-order valence-corrected chi connectivity index (χ2v) is 4.67. The summed E-state index contributed by atoms with van der Waals surface area (Å²) in [6, 6.07) is 11.9. The summed E-state index contributed by atoms with van der Waals surface area (Å²) >= 11 is 3.15. The largest absolute Gasteiger partial charge is 0.485 e. The minimum atomic E-state index is -1.32. The molecule has 0 aliphatic carbocycles. The van der Waals surface area contributed by atoms with Crippen molar-refractivity contribution in [2.45, 2.75) is 6.61 Å². The Hall–Kier alpha value is -1.88. The monoisotopic (exact) mass is 324 g/mol. The zero-order valence-electron chi connectivity index (χ0n) is 9.77. The predicted molar refractivity (Wildman–Crippen MR) is 71.8 cm³/mol. The van der Waals surface area contributed by atoms with E-state index in [4.69, 9.17) is 9.84 Å². The van der Waals surface area contributed by atoms with E-state index in [1.807, 2.05) is 30.3 Å². The maximum Gasteiger partial charge on any atom is 0.338 e. The maximum atomic E-state index is 14.0. The molecule has 0 spiro atoms. The Kier molecular flexibility index (Phi) is 4.16. The highest BCUT2D eigenvalue weighted by Gasteiger charge is 2.18. The van der Waals surface area contributed by atoms with Gasteiger partial charge in [0.1, 0.15) is 6.61 Å². The van der Waals surface area contributed by atoms with E-state index in [0.717, 1.165) is 5.56 Å². The zero-order chi connectivity index (χ0) is 13.8. The van der Waals surface area contributed by atoms with E-state index in [9.17, 15) is 9.18 Å². The highest BCUT2D eigenvalue weighted by molar-refractivity contribution is 9.10. The Bertz CT molecular complexity index is 599. The quantitative estimate of drug-likeness (QED) is 0.928. The van der Waals surface area contributed by atoms with Gasteiger partial charge < -0.3 is 9.84 Å². The number of carboxylic acids is 1. The molecule has 0 bridgehead atoms. The van der Waals surface area contributed by atoms with Gasteiger partial charge in [0.25, 0.3) is 0 Å². The highest BCUT2D eigenvalue weighted by Crippen LogP contribution is 2.31. The molecule has 0 unspecified atom stereocenters. The lowest BCUT2D eigenvalue weighted by Crippen LogP contribution is -2.05. The molecule has 0 radical (unpaired) electrons. The smallest absolute Gasteiger partial charge is 0.338 e. The number of hydrogen-bond donors (Lipinski definition) is 1. The van der Waals surface area contributed by atoms with Gasteiger partial charge in [-0.1, -0.05) is 30.3 Å². The van der Waals surface area contributed by atoms with Crippen molar-refractivity contribution in [3.63, 3.8) is 0 Å². The van der Waals surface area contributed by atoms with Crippen LogP contribution in [0, 0.1) is 5.82 Å². The molecule has 5 heteroatoms. The third-order valence-corrected chi connectivity index (χ3v) is 3.13. The average Bonchev–Trinajstić information content (AvgIpc) is 2.39. The minimum absolute atomic E-state index is 0.0937. The van der Waals surface area contributed by atoms with Gasteiger partial charge in [-0.15, -0.1) is 0 Å². The van der Waals surface area contributed by atoms with Gasteiger partial charge >= 0.3 is 5.97 Å². The molecule has 0 saturated heterocycles. The molecule has 19 heavy (non-hydrogen) atoms. The van der Waals surface area contributed by atoms with Crippen LogP contribution in [0.3, 0.4) is 0 Å². The van der Waals surface area contributed by atoms with Gasteiger partial charge in [0.15, 0.2) is 11.6 Å². The molecule has 0 amide bonds. The molecule has 0 fully saturated rings. The van der Waals surface area contributed by atoms with E-state index in [-0.39, 0.29) is 12.4 Å². The first kappa shape index (κ1) is 13.5. The third-order valence-electron chi connectivity index (χ3n) is 2.51. The number of halogens is 2. The summed E-state index contributed by atoms with van der Waals surface area (Å²) in [6.07, 6.45) is 0. The molecule has 2 aromatic rings. The summed E-state index contributed by atoms with van der Waals surface area (Å²) in [7, 11) is 0. The molecule has 2 aromatic carbocycles. The van der Waals surface area contributed by atoms with Crippen LogP contribution in [0.25, 0.3) is 0 Å². The summed E-state index contributed by atoms with van der Waals surface area (Å²) in [5, 5.41) is 8.86. The van der Waals surface area contributed by atoms with Crippen LogP contribution in [0.1, 0.15) is 15.9 Å². The Morgan fingerprint density at radius 1 is 1.21 bits per heavy atom. The van der Waals surface area contributed by atoms with Gasteiger partial charge in [-0.05, 0) is 33.6 Å². The molecule has 0 saturated carbocycles. The van der Waals surface area contributed by atoms with Crippen molar-refractivity contribution in [2.24, 2.45) is 0 Å². The van der Waals surface area contributed by atoms with Crippen LogP contribution < -0.4 is 4.74 Å². The summed E-state index contributed by atoms with van der Waals surface area (Å²) < 4.78 is 19.7. The van der Waals surface area contributed by atoms with Gasteiger partial charge in [-0.2, -0.15) is 0 Å². The van der Waals surface area contributed by atoms with Crippen LogP contribution in [0.15, 0.2) is 46.9 Å². The number of carbonyl (C=O) groups is 1. The molecular formula is C14H10BrFO3. The van der Waals surface area contributed by atoms with Gasteiger partial charge in [0.05, 0.1) is 10.0 Å². The Labute approximate surface area is 117 Å². The number of aromatic carboxylic acids is 1. The van der Waals surface area contributed by atoms with Crippen LogP contribution in [0.4, 0.5) is 4.39 Å². The van der Waals surface area contributed by atoms with Gasteiger partial charge in [0.2, 0.25) is 0 Å². The van der Waals surface area contributed by atoms with E-state index in [1.165, 1.54) is 12.1 Å². The number of hydrogen-bond acceptors (Lipinski definition) is 2. The SMILES string of the molecule is O=C(O)c1ccc(Br)c(OCc2ccccc2)c1F. The first-order valence-electron chi connectivity index (χ1n) is 5.47. The molecular weight excluding hydrogens is 315 g/mol. The molecule has 3 nitrogen and oxygen atoms in total. The fourth-order valence-corrected chi connectivity index (χ4v) is 1.98. The van der Waals surface area contributed by atoms with Crippen molar-refractivity contribution in [3.05, 3.63) is 63.9 Å². The van der Waals surface area contributed by atoms with E-state index in [2.05, 4.69) is 15.9 Å². The lowest BCUT2D eigenvalue weighted by Gasteiger charge is -2.10. The summed E-state index contributed by atoms with van der Waals surface area (Å²) in [4.78, 5) is 10.8. The van der Waals surface area contributed by atoms with Crippen LogP contribution >= 0.6 is 15.9 Å². The van der Waals surface area contributed by atoms with E-state index >= 15 is 0 Å². The second-order valence-electron chi connectivity index (χ2n) is 3.82. The Morgan fingerprint density at radius 2 is 1.89 bits per heavy atom. The van der Waals surface area contributed by atoms with Crippen LogP contribution in [-0.2, 0) is 6.61 Å². The molecule has 0 aromatic heterocycles. The van der Waals surface area contributed by atoms with Crippen LogP contribution in [0.2, 0.25) is 0 Å². The van der Waals surface area contributed by atoms with Gasteiger partial charge in [-0.3, -0.25) is 0 Å². The Morgan fingerprint density at radius 3 is 2.53 bits per heavy atom. The van der Waals surface area contributed by atoms with Gasteiger partial charge in [0, 0.05) is 0 Å². The first-order chi connectivity index (χ1) is 9.09. The standard InChI is InChI=1S/C14H10BrFO3/c15-11-7-6-10(14(17)18)12(16)13(11)19-8-9-4-2-1-3-5-9/h1-7H,8H2,(H,17,18). The fourth-order valence-electron chi connectivity index (χ4n) is 1.56. The van der Waals surface area contributed by atoms with Crippen molar-refractivity contribution in [2.75, 3.05) is 0 Å². The second kappa shape index (κ2) is 5.84. The number of ether oxygens (including phenoxy) is 1. The third kappa shape index (κ3) is 3.12. The first-order valence-corrected chi connectivity index (χ1v) is 6.27. The normalized spacial score (nSPS) is 10.2. The number of benzene rings is 2. The van der Waals surface area contributed by atoms with Crippen molar-refractivity contribution >= 4 is 21.9 Å². The summed E-state index contributed by atoms with van der Waals surface area (Å²) in [5.74, 6) is -2.30. The van der Waals surface area contributed by atoms with E-state index in [1.54, 1.807) is 0 Å². The maximum absolute atomic E-state index is 14.0. The number of rotatable bonds is 4. The van der Waals surface area contributed by atoms with Crippen molar-refractivity contribution < 1.29 is 19.0 Å². The minimum Gasteiger partial charge on any atom is -0.485 e. The molecule has 0 atom stereocenters. The van der Waals surface area contributed by atoms with Crippen molar-refractivity contribution in [3.8, 4) is 5.75 Å². The lowest BCUT2D eigenvalue weighted by atomic mass is 10.2. The van der Waals surface area contributed by atoms with Crippen LogP contribution in [-0.4, -0.2) is 11.1 Å². The molecule has 98 valence electrons. The zero-order valence-corrected chi connectivity index (χ0v) is 11.4. The Balaban J connectivity index is 2.25. The molecule has 1 N–H and O–H groups in total. The summed E-state index contributed by atoms with van der Waals surface area (Å²) in [5.41, 5.74) is 0.459. The predicted octanol–water partition coefficient (Wildman–Crippen LogP) is 3.87. The van der Waals surface area contributed by atoms with Crippen LogP contribution in [0.5, 0.6) is 5.75 Å². The van der Waals surface area contributed by atoms with E-state index in [0.29, 0.717) is 4.47 Å². The topological polar surface area (TPSA) is 46.5 Å². The molecule has 0 aliphatic rings. The lowest BCUT2D eigenvalue weighted by molar-refractivity contribution is 0.0690. The highest BCUT2D eigenvalue weighted by atomic mass is 79.9. The number of carboxylic acid groups (broad SMARTS) is 1. The average molecular weight is 325 g/mol. The summed E-state index contributed by atoms with van der Waals surface area (Å²) in [6.45, 7) is 0.166.